The Morgan fingerprint density at radius 3 is 2.72 bits per heavy atom. The monoisotopic (exact) mass is 438 g/mol. The number of aryl methyl sites for hydroxylation is 1. The average molecular weight is 439 g/mol. The summed E-state index contributed by atoms with van der Waals surface area (Å²) in [6.07, 6.45) is 5.95. The van der Waals surface area contributed by atoms with Crippen molar-refractivity contribution in [3.8, 4) is 0 Å². The van der Waals surface area contributed by atoms with E-state index in [-0.39, 0.29) is 34.4 Å². The van der Waals surface area contributed by atoms with Crippen molar-refractivity contribution in [2.45, 2.75) is 72.4 Å². The van der Waals surface area contributed by atoms with Crippen LogP contribution >= 0.6 is 0 Å². The van der Waals surface area contributed by atoms with Gasteiger partial charge in [-0.3, -0.25) is 19.0 Å². The molecule has 2 atom stereocenters. The normalized spacial score (nSPS) is 21.1. The first-order valence-corrected chi connectivity index (χ1v) is 11.3. The second-order valence-corrected chi connectivity index (χ2v) is 11.0. The maximum atomic E-state index is 12.9. The number of fused-ring (bicyclic) bond motifs is 1. The van der Waals surface area contributed by atoms with E-state index in [4.69, 9.17) is 4.98 Å². The molecule has 32 heavy (non-hydrogen) atoms. The second kappa shape index (κ2) is 7.90. The van der Waals surface area contributed by atoms with E-state index in [9.17, 15) is 9.59 Å². The molecule has 8 nitrogen and oxygen atoms in total. The maximum absolute atomic E-state index is 12.9. The predicted molar refractivity (Wildman–Crippen MR) is 125 cm³/mol. The molecule has 0 spiro atoms. The van der Waals surface area contributed by atoms with E-state index in [1.165, 1.54) is 0 Å². The molecule has 4 rings (SSSR count). The molecule has 1 aliphatic carbocycles. The molecule has 1 fully saturated rings. The van der Waals surface area contributed by atoms with Crippen LogP contribution < -0.4 is 11.0 Å². The summed E-state index contributed by atoms with van der Waals surface area (Å²) in [6.45, 7) is 11.4. The molecule has 8 heteroatoms. The largest absolute Gasteiger partial charge is 0.349 e. The first kappa shape index (κ1) is 22.3. The van der Waals surface area contributed by atoms with Gasteiger partial charge in [-0.15, -0.1) is 0 Å². The van der Waals surface area contributed by atoms with Crippen LogP contribution in [-0.2, 0) is 13.6 Å². The Morgan fingerprint density at radius 2 is 2.06 bits per heavy atom. The Kier molecular flexibility index (Phi) is 5.51. The van der Waals surface area contributed by atoms with Crippen LogP contribution in [0.1, 0.15) is 75.9 Å². The Morgan fingerprint density at radius 1 is 1.31 bits per heavy atom. The van der Waals surface area contributed by atoms with Gasteiger partial charge in [-0.1, -0.05) is 34.6 Å². The highest BCUT2D eigenvalue weighted by atomic mass is 16.2. The lowest BCUT2D eigenvalue weighted by molar-refractivity contribution is 0.0836. The van der Waals surface area contributed by atoms with Gasteiger partial charge in [0.25, 0.3) is 5.91 Å². The third-order valence-electron chi connectivity index (χ3n) is 6.72. The third kappa shape index (κ3) is 4.23. The van der Waals surface area contributed by atoms with Crippen molar-refractivity contribution < 1.29 is 4.79 Å². The molecule has 0 bridgehead atoms. The van der Waals surface area contributed by atoms with Gasteiger partial charge < -0.3 is 5.32 Å². The van der Waals surface area contributed by atoms with Crippen LogP contribution in [0.2, 0.25) is 0 Å². The Bertz CT molecular complexity index is 1180. The van der Waals surface area contributed by atoms with Crippen molar-refractivity contribution >= 4 is 17.1 Å². The van der Waals surface area contributed by atoms with Crippen LogP contribution in [0.15, 0.2) is 29.3 Å². The summed E-state index contributed by atoms with van der Waals surface area (Å²) in [5.41, 5.74) is 3.07. The first-order chi connectivity index (χ1) is 15.0. The van der Waals surface area contributed by atoms with E-state index in [0.717, 1.165) is 36.1 Å². The summed E-state index contributed by atoms with van der Waals surface area (Å²) in [7, 11) is 1.79. The lowest BCUT2D eigenvalue weighted by Gasteiger charge is -2.42. The predicted octanol–water partition coefficient (Wildman–Crippen LogP) is 3.60. The van der Waals surface area contributed by atoms with E-state index in [1.807, 2.05) is 10.6 Å². The number of carbonyl (C=O) groups excluding carboxylic acids is 1. The minimum Gasteiger partial charge on any atom is -0.349 e. The molecule has 2 unspecified atom stereocenters. The number of nitrogens with zero attached hydrogens (tertiary/aromatic N) is 4. The van der Waals surface area contributed by atoms with Crippen LogP contribution in [0, 0.1) is 10.8 Å². The molecule has 3 aromatic heterocycles. The highest BCUT2D eigenvalue weighted by Gasteiger charge is 2.38. The van der Waals surface area contributed by atoms with E-state index in [1.54, 1.807) is 24.0 Å². The molecule has 0 aromatic carbocycles. The number of hydrogen-bond donors (Lipinski definition) is 2. The van der Waals surface area contributed by atoms with Crippen molar-refractivity contribution in [1.29, 1.82) is 0 Å². The van der Waals surface area contributed by atoms with E-state index in [0.29, 0.717) is 12.1 Å². The number of nitrogens with one attached hydrogen (secondary N) is 2. The van der Waals surface area contributed by atoms with Gasteiger partial charge in [0, 0.05) is 37.4 Å². The SMILES string of the molecule is Cn1c(=O)n(CC(C)(C)C)c2ccc(C3CCC(C)(C)C(NC(=O)c4cn[nH]c4)C3)nc21. The summed E-state index contributed by atoms with van der Waals surface area (Å²) in [5, 5.41) is 9.79. The smallest absolute Gasteiger partial charge is 0.330 e. The standard InChI is InChI=1S/C24H34N6O2/c1-23(2,3)14-30-18-8-7-17(27-20(18)29(6)22(30)32)15-9-10-24(4,5)19(11-15)28-21(31)16-12-25-26-13-16/h7-8,12-13,15,19H,9-11,14H2,1-6H3,(H,25,26)(H,28,31). The zero-order valence-electron chi connectivity index (χ0n) is 19.9. The Hall–Kier alpha value is -2.90. The third-order valence-corrected chi connectivity index (χ3v) is 6.72. The van der Waals surface area contributed by atoms with Gasteiger partial charge in [-0.05, 0) is 42.2 Å². The molecule has 3 aromatic rings. The minimum absolute atomic E-state index is 0.00779. The van der Waals surface area contributed by atoms with Crippen molar-refractivity contribution in [3.05, 3.63) is 46.3 Å². The summed E-state index contributed by atoms with van der Waals surface area (Å²) in [4.78, 5) is 30.4. The summed E-state index contributed by atoms with van der Waals surface area (Å²) >= 11 is 0. The van der Waals surface area contributed by atoms with Gasteiger partial charge in [-0.25, -0.2) is 9.78 Å². The minimum atomic E-state index is -0.109. The number of carbonyl (C=O) groups is 1. The van der Waals surface area contributed by atoms with Crippen molar-refractivity contribution in [3.63, 3.8) is 0 Å². The number of aromatic amines is 1. The van der Waals surface area contributed by atoms with Gasteiger partial charge >= 0.3 is 5.69 Å². The van der Waals surface area contributed by atoms with Gasteiger partial charge in [0.15, 0.2) is 5.65 Å². The topological polar surface area (TPSA) is 97.6 Å². The van der Waals surface area contributed by atoms with Gasteiger partial charge in [0.2, 0.25) is 0 Å². The number of aromatic nitrogens is 5. The summed E-state index contributed by atoms with van der Waals surface area (Å²) < 4.78 is 3.47. The van der Waals surface area contributed by atoms with Gasteiger partial charge in [0.1, 0.15) is 0 Å². The zero-order valence-corrected chi connectivity index (χ0v) is 19.9. The number of imidazole rings is 1. The molecule has 172 valence electrons. The molecular weight excluding hydrogens is 404 g/mol. The second-order valence-electron chi connectivity index (χ2n) is 11.0. The zero-order chi connectivity index (χ0) is 23.3. The van der Waals surface area contributed by atoms with Crippen molar-refractivity contribution in [2.24, 2.45) is 17.9 Å². The molecule has 1 aliphatic rings. The van der Waals surface area contributed by atoms with Crippen LogP contribution in [0.25, 0.3) is 11.2 Å². The number of hydrogen-bond acceptors (Lipinski definition) is 4. The number of rotatable bonds is 4. The Labute approximate surface area is 188 Å². The molecule has 0 radical (unpaired) electrons. The highest BCUT2D eigenvalue weighted by molar-refractivity contribution is 5.93. The fourth-order valence-corrected chi connectivity index (χ4v) is 4.72. The molecule has 1 amide bonds. The molecular formula is C24H34N6O2. The van der Waals surface area contributed by atoms with Gasteiger partial charge in [-0.2, -0.15) is 5.10 Å². The lowest BCUT2D eigenvalue weighted by Crippen LogP contribution is -2.48. The van der Waals surface area contributed by atoms with E-state index < -0.39 is 0 Å². The van der Waals surface area contributed by atoms with E-state index in [2.05, 4.69) is 56.2 Å². The van der Waals surface area contributed by atoms with Crippen LogP contribution in [0.5, 0.6) is 0 Å². The van der Waals surface area contributed by atoms with Gasteiger partial charge in [0.05, 0.1) is 17.3 Å². The van der Waals surface area contributed by atoms with E-state index >= 15 is 0 Å². The van der Waals surface area contributed by atoms with Crippen LogP contribution in [-0.4, -0.2) is 36.3 Å². The summed E-state index contributed by atoms with van der Waals surface area (Å²) in [6, 6.07) is 4.11. The number of amides is 1. The first-order valence-electron chi connectivity index (χ1n) is 11.3. The Balaban J connectivity index is 1.61. The number of pyridine rings is 1. The van der Waals surface area contributed by atoms with Crippen molar-refractivity contribution in [2.75, 3.05) is 0 Å². The van der Waals surface area contributed by atoms with Crippen LogP contribution in [0.3, 0.4) is 0 Å². The fourth-order valence-electron chi connectivity index (χ4n) is 4.72. The molecule has 0 aliphatic heterocycles. The lowest BCUT2D eigenvalue weighted by atomic mass is 9.68. The maximum Gasteiger partial charge on any atom is 0.330 e. The highest BCUT2D eigenvalue weighted by Crippen LogP contribution is 2.42. The fraction of sp³-hybridized carbons (Fsp3) is 0.583. The molecule has 3 heterocycles. The summed E-state index contributed by atoms with van der Waals surface area (Å²) in [5.74, 6) is 0.116. The van der Waals surface area contributed by atoms with Crippen molar-refractivity contribution in [1.82, 2.24) is 29.6 Å². The molecule has 2 N–H and O–H groups in total. The molecule has 1 saturated carbocycles. The number of H-pyrrole nitrogens is 1. The average Bonchev–Trinajstić information content (AvgIpc) is 3.33. The van der Waals surface area contributed by atoms with Crippen LogP contribution in [0.4, 0.5) is 0 Å². The quantitative estimate of drug-likeness (QED) is 0.650. The molecule has 0 saturated heterocycles.